The van der Waals surface area contributed by atoms with Gasteiger partial charge in [0.25, 0.3) is 0 Å². The molecule has 2 aromatic carbocycles. The Balaban J connectivity index is 1.63. The lowest BCUT2D eigenvalue weighted by Gasteiger charge is -2.18. The lowest BCUT2D eigenvalue weighted by atomic mass is 9.97. The molecule has 4 rings (SSSR count). The highest BCUT2D eigenvalue weighted by Gasteiger charge is 2.21. The van der Waals surface area contributed by atoms with Crippen LogP contribution in [0.15, 0.2) is 40.9 Å². The van der Waals surface area contributed by atoms with Gasteiger partial charge in [0.2, 0.25) is 0 Å². The zero-order valence-electron chi connectivity index (χ0n) is 17.1. The number of aromatic nitrogens is 1. The second kappa shape index (κ2) is 7.47. The third-order valence-corrected chi connectivity index (χ3v) is 5.03. The van der Waals surface area contributed by atoms with Crippen LogP contribution in [0.2, 0.25) is 0 Å². The van der Waals surface area contributed by atoms with Crippen molar-refractivity contribution in [2.75, 3.05) is 19.0 Å². The van der Waals surface area contributed by atoms with Gasteiger partial charge in [-0.25, -0.2) is 0 Å². The minimum Gasteiger partial charge on any atom is -0.496 e. The first-order valence-electron chi connectivity index (χ1n) is 9.97. The van der Waals surface area contributed by atoms with Crippen LogP contribution in [0.1, 0.15) is 39.2 Å². The van der Waals surface area contributed by atoms with Gasteiger partial charge in [0.05, 0.1) is 12.5 Å². The third-order valence-electron chi connectivity index (χ3n) is 5.03. The number of ether oxygens (including phenoxy) is 1. The van der Waals surface area contributed by atoms with Gasteiger partial charge in [0.15, 0.2) is 11.4 Å². The quantitative estimate of drug-likeness (QED) is 0.590. The second-order valence-electron chi connectivity index (χ2n) is 8.84. The standard InChI is InChI=1S/C23H29N3O2/c1-23(2,3)14-25-22-19-12-16(6-10-21(19)28-26-22)15-5-9-20(27-4)17(11-15)13-24-18-7-8-18/h5-6,9-12,18,24H,7-8,13-14H2,1-4H3,(H,25,26). The van der Waals surface area contributed by atoms with Gasteiger partial charge in [-0.15, -0.1) is 0 Å². The van der Waals surface area contributed by atoms with E-state index in [1.165, 1.54) is 24.0 Å². The number of hydrogen-bond donors (Lipinski definition) is 2. The van der Waals surface area contributed by atoms with Crippen molar-refractivity contribution in [3.63, 3.8) is 0 Å². The summed E-state index contributed by atoms with van der Waals surface area (Å²) in [5.74, 6) is 1.73. The largest absolute Gasteiger partial charge is 0.496 e. The highest BCUT2D eigenvalue weighted by atomic mass is 16.5. The fourth-order valence-corrected chi connectivity index (χ4v) is 3.23. The smallest absolute Gasteiger partial charge is 0.177 e. The second-order valence-corrected chi connectivity index (χ2v) is 8.84. The van der Waals surface area contributed by atoms with Crippen LogP contribution in [0.5, 0.6) is 5.75 Å². The summed E-state index contributed by atoms with van der Waals surface area (Å²) in [5, 5.41) is 12.2. The lowest BCUT2D eigenvalue weighted by Crippen LogP contribution is -2.19. The summed E-state index contributed by atoms with van der Waals surface area (Å²) >= 11 is 0. The number of anilines is 1. The molecule has 1 heterocycles. The van der Waals surface area contributed by atoms with E-state index in [2.05, 4.69) is 66.9 Å². The molecule has 0 aliphatic heterocycles. The summed E-state index contributed by atoms with van der Waals surface area (Å²) in [5.41, 5.74) is 4.46. The van der Waals surface area contributed by atoms with Crippen LogP contribution in [-0.2, 0) is 6.54 Å². The van der Waals surface area contributed by atoms with Gasteiger partial charge in [-0.3, -0.25) is 0 Å². The van der Waals surface area contributed by atoms with Crippen molar-refractivity contribution < 1.29 is 9.26 Å². The summed E-state index contributed by atoms with van der Waals surface area (Å²) in [6.07, 6.45) is 2.55. The molecule has 5 nitrogen and oxygen atoms in total. The molecule has 0 saturated heterocycles. The van der Waals surface area contributed by atoms with Gasteiger partial charge in [-0.2, -0.15) is 0 Å². The first kappa shape index (κ1) is 18.8. The lowest BCUT2D eigenvalue weighted by molar-refractivity contribution is 0.407. The van der Waals surface area contributed by atoms with Crippen LogP contribution >= 0.6 is 0 Å². The number of nitrogens with one attached hydrogen (secondary N) is 2. The normalized spacial score (nSPS) is 14.4. The van der Waals surface area contributed by atoms with Crippen LogP contribution in [-0.4, -0.2) is 24.9 Å². The summed E-state index contributed by atoms with van der Waals surface area (Å²) in [6, 6.07) is 13.3. The SMILES string of the molecule is COc1ccc(-c2ccc3onc(NCC(C)(C)C)c3c2)cc1CNC1CC1. The predicted octanol–water partition coefficient (Wildman–Crippen LogP) is 5.21. The number of rotatable bonds is 7. The van der Waals surface area contributed by atoms with Crippen LogP contribution in [0.4, 0.5) is 5.82 Å². The summed E-state index contributed by atoms with van der Waals surface area (Å²) in [7, 11) is 1.73. The molecule has 1 saturated carbocycles. The monoisotopic (exact) mass is 379 g/mol. The molecule has 1 aliphatic rings. The van der Waals surface area contributed by atoms with Crippen molar-refractivity contribution in [2.24, 2.45) is 5.41 Å². The van der Waals surface area contributed by atoms with Crippen LogP contribution in [0.25, 0.3) is 22.1 Å². The van der Waals surface area contributed by atoms with Crippen molar-refractivity contribution in [2.45, 2.75) is 46.2 Å². The Morgan fingerprint density at radius 1 is 1.11 bits per heavy atom. The molecule has 1 aliphatic carbocycles. The van der Waals surface area contributed by atoms with Gasteiger partial charge in [-0.1, -0.05) is 38.1 Å². The van der Waals surface area contributed by atoms with E-state index >= 15 is 0 Å². The van der Waals surface area contributed by atoms with E-state index in [1.54, 1.807) is 7.11 Å². The van der Waals surface area contributed by atoms with Crippen LogP contribution in [0, 0.1) is 5.41 Å². The number of benzene rings is 2. The molecular formula is C23H29N3O2. The first-order valence-corrected chi connectivity index (χ1v) is 9.97. The Morgan fingerprint density at radius 2 is 1.86 bits per heavy atom. The average Bonchev–Trinajstić information content (AvgIpc) is 3.42. The fourth-order valence-electron chi connectivity index (χ4n) is 3.23. The maximum atomic E-state index is 5.55. The Hall–Kier alpha value is -2.53. The molecule has 0 bridgehead atoms. The van der Waals surface area contributed by atoms with Crippen molar-refractivity contribution in [1.29, 1.82) is 0 Å². The van der Waals surface area contributed by atoms with Crippen LogP contribution in [0.3, 0.4) is 0 Å². The van der Waals surface area contributed by atoms with E-state index < -0.39 is 0 Å². The summed E-state index contributed by atoms with van der Waals surface area (Å²) in [4.78, 5) is 0. The van der Waals surface area contributed by atoms with Gasteiger partial charge < -0.3 is 19.9 Å². The minimum absolute atomic E-state index is 0.169. The predicted molar refractivity (Wildman–Crippen MR) is 114 cm³/mol. The van der Waals surface area contributed by atoms with E-state index in [-0.39, 0.29) is 5.41 Å². The number of methoxy groups -OCH3 is 1. The number of nitrogens with zero attached hydrogens (tertiary/aromatic N) is 1. The Bertz CT molecular complexity index is 968. The molecule has 0 atom stereocenters. The molecule has 1 fully saturated rings. The van der Waals surface area contributed by atoms with Crippen molar-refractivity contribution in [3.8, 4) is 16.9 Å². The number of fused-ring (bicyclic) bond motifs is 1. The highest BCUT2D eigenvalue weighted by Crippen LogP contribution is 2.32. The maximum Gasteiger partial charge on any atom is 0.177 e. The zero-order chi connectivity index (χ0) is 19.7. The molecule has 148 valence electrons. The van der Waals surface area contributed by atoms with Crippen LogP contribution < -0.4 is 15.4 Å². The van der Waals surface area contributed by atoms with Gasteiger partial charge in [0, 0.05) is 24.7 Å². The Labute approximate surface area is 166 Å². The zero-order valence-corrected chi connectivity index (χ0v) is 17.1. The summed E-state index contributed by atoms with van der Waals surface area (Å²) < 4.78 is 11.0. The molecule has 0 radical (unpaired) electrons. The molecule has 3 aromatic rings. The molecule has 1 aromatic heterocycles. The van der Waals surface area contributed by atoms with Gasteiger partial charge in [-0.05, 0) is 53.6 Å². The van der Waals surface area contributed by atoms with E-state index in [9.17, 15) is 0 Å². The minimum atomic E-state index is 0.169. The topological polar surface area (TPSA) is 59.3 Å². The molecule has 28 heavy (non-hydrogen) atoms. The molecule has 0 unspecified atom stereocenters. The van der Waals surface area contributed by atoms with Crippen molar-refractivity contribution in [3.05, 3.63) is 42.0 Å². The van der Waals surface area contributed by atoms with Gasteiger partial charge >= 0.3 is 0 Å². The summed E-state index contributed by atoms with van der Waals surface area (Å²) in [6.45, 7) is 8.25. The number of hydrogen-bond acceptors (Lipinski definition) is 5. The Morgan fingerprint density at radius 3 is 2.57 bits per heavy atom. The van der Waals surface area contributed by atoms with Crippen molar-refractivity contribution in [1.82, 2.24) is 10.5 Å². The van der Waals surface area contributed by atoms with E-state index in [0.29, 0.717) is 6.04 Å². The van der Waals surface area contributed by atoms with E-state index in [0.717, 1.165) is 41.2 Å². The molecule has 2 N–H and O–H groups in total. The highest BCUT2D eigenvalue weighted by molar-refractivity contribution is 5.92. The molecule has 0 amide bonds. The van der Waals surface area contributed by atoms with E-state index in [1.807, 2.05) is 6.07 Å². The van der Waals surface area contributed by atoms with Crippen molar-refractivity contribution >= 4 is 16.8 Å². The first-order chi connectivity index (χ1) is 13.4. The Kier molecular flexibility index (Phi) is 5.02. The maximum absolute atomic E-state index is 5.55. The fraction of sp³-hybridized carbons (Fsp3) is 0.435. The van der Waals surface area contributed by atoms with Gasteiger partial charge in [0.1, 0.15) is 5.75 Å². The van der Waals surface area contributed by atoms with E-state index in [4.69, 9.17) is 9.26 Å². The molecular weight excluding hydrogens is 350 g/mol. The average molecular weight is 380 g/mol. The molecule has 0 spiro atoms. The third kappa shape index (κ3) is 4.30. The molecule has 5 heteroatoms.